The molecule has 4 N–H and O–H groups in total. The summed E-state index contributed by atoms with van der Waals surface area (Å²) >= 11 is 4.57. The number of nitrogens with two attached hydrogens (primary N) is 1. The lowest BCUT2D eigenvalue weighted by molar-refractivity contribution is -0.139. The minimum absolute atomic E-state index is 0.0295. The van der Waals surface area contributed by atoms with Gasteiger partial charge in [0, 0.05) is 19.8 Å². The molecular weight excluding hydrogens is 254 g/mol. The molecule has 0 aliphatic carbocycles. The Balaban J connectivity index is 3.46. The second-order valence-electron chi connectivity index (χ2n) is 3.72. The number of nitrogens with one attached hydrogen (secondary N) is 2. The Morgan fingerprint density at radius 1 is 1.17 bits per heavy atom. The molecule has 0 rings (SSSR count). The van der Waals surface area contributed by atoms with Crippen LogP contribution < -0.4 is 16.4 Å². The summed E-state index contributed by atoms with van der Waals surface area (Å²) in [5, 5.41) is 4.78. The van der Waals surface area contributed by atoms with Crippen LogP contribution in [0.3, 0.4) is 0 Å². The van der Waals surface area contributed by atoms with Gasteiger partial charge >= 0.3 is 11.8 Å². The maximum absolute atomic E-state index is 11.2. The molecule has 18 heavy (non-hydrogen) atoms. The van der Waals surface area contributed by atoms with E-state index in [9.17, 15) is 9.59 Å². The van der Waals surface area contributed by atoms with E-state index < -0.39 is 11.8 Å². The summed E-state index contributed by atoms with van der Waals surface area (Å²) in [6, 6.07) is 0. The van der Waals surface area contributed by atoms with Gasteiger partial charge < -0.3 is 21.1 Å². The van der Waals surface area contributed by atoms with Gasteiger partial charge in [-0.15, -0.1) is 0 Å². The zero-order valence-corrected chi connectivity index (χ0v) is 11.5. The molecule has 0 atom stereocenters. The van der Waals surface area contributed by atoms with Crippen LogP contribution in [0.15, 0.2) is 0 Å². The molecule has 0 saturated carbocycles. The number of amides is 2. The molecule has 0 aliphatic heterocycles. The molecule has 0 bridgehead atoms. The number of ether oxygens (including phenoxy) is 1. The first-order valence-electron chi connectivity index (χ1n) is 6.00. The fraction of sp³-hybridized carbons (Fsp3) is 0.727. The first-order valence-corrected chi connectivity index (χ1v) is 6.40. The fourth-order valence-corrected chi connectivity index (χ4v) is 1.12. The third kappa shape index (κ3) is 9.98. The van der Waals surface area contributed by atoms with Gasteiger partial charge in [0.15, 0.2) is 0 Å². The molecule has 0 fully saturated rings. The van der Waals surface area contributed by atoms with Gasteiger partial charge in [-0.05, 0) is 12.8 Å². The standard InChI is InChI=1S/C11H21N3O3S/c1-2-3-6-17-7-4-5-13-10(15)11(16)14-8-9(12)18/h2-8H2,1H3,(H2,12,18)(H,13,15)(H,14,16). The number of unbranched alkanes of at least 4 members (excludes halogenated alkanes) is 1. The van der Waals surface area contributed by atoms with Crippen LogP contribution in [-0.4, -0.2) is 43.1 Å². The Bertz CT molecular complexity index is 285. The summed E-state index contributed by atoms with van der Waals surface area (Å²) in [6.45, 7) is 3.84. The van der Waals surface area contributed by atoms with Gasteiger partial charge in [0.1, 0.15) is 0 Å². The summed E-state index contributed by atoms with van der Waals surface area (Å²) in [5.41, 5.74) is 5.19. The van der Waals surface area contributed by atoms with Gasteiger partial charge in [-0.25, -0.2) is 0 Å². The topological polar surface area (TPSA) is 93.4 Å². The van der Waals surface area contributed by atoms with Gasteiger partial charge in [-0.3, -0.25) is 9.59 Å². The monoisotopic (exact) mass is 275 g/mol. The van der Waals surface area contributed by atoms with Crippen LogP contribution in [0.2, 0.25) is 0 Å². The average Bonchev–Trinajstić information content (AvgIpc) is 2.34. The first-order chi connectivity index (χ1) is 8.57. The van der Waals surface area contributed by atoms with E-state index in [-0.39, 0.29) is 11.5 Å². The highest BCUT2D eigenvalue weighted by Crippen LogP contribution is 1.89. The summed E-state index contributed by atoms with van der Waals surface area (Å²) < 4.78 is 5.31. The highest BCUT2D eigenvalue weighted by molar-refractivity contribution is 7.80. The third-order valence-electron chi connectivity index (χ3n) is 2.02. The van der Waals surface area contributed by atoms with Crippen molar-refractivity contribution < 1.29 is 14.3 Å². The fourth-order valence-electron chi connectivity index (χ4n) is 1.05. The Morgan fingerprint density at radius 3 is 2.39 bits per heavy atom. The minimum atomic E-state index is -0.727. The van der Waals surface area contributed by atoms with Crippen LogP contribution in [0, 0.1) is 0 Å². The van der Waals surface area contributed by atoms with Crippen molar-refractivity contribution in [1.29, 1.82) is 0 Å². The maximum atomic E-state index is 11.2. The Morgan fingerprint density at radius 2 is 1.78 bits per heavy atom. The number of carbonyl (C=O) groups excluding carboxylic acids is 2. The van der Waals surface area contributed by atoms with Crippen LogP contribution in [0.1, 0.15) is 26.2 Å². The van der Waals surface area contributed by atoms with Crippen LogP contribution in [-0.2, 0) is 14.3 Å². The lowest BCUT2D eigenvalue weighted by Gasteiger charge is -2.06. The third-order valence-corrected chi connectivity index (χ3v) is 2.17. The molecule has 7 heteroatoms. The van der Waals surface area contributed by atoms with Gasteiger partial charge in [0.2, 0.25) is 0 Å². The van der Waals surface area contributed by atoms with Gasteiger partial charge in [0.25, 0.3) is 0 Å². The second kappa shape index (κ2) is 10.9. The predicted octanol–water partition coefficient (Wildman–Crippen LogP) is -0.288. The zero-order valence-electron chi connectivity index (χ0n) is 10.7. The molecule has 0 unspecified atom stereocenters. The van der Waals surface area contributed by atoms with Crippen molar-refractivity contribution >= 4 is 29.0 Å². The van der Waals surface area contributed by atoms with Crippen molar-refractivity contribution in [3.8, 4) is 0 Å². The Labute approximate surface area is 113 Å². The van der Waals surface area contributed by atoms with Crippen molar-refractivity contribution in [3.63, 3.8) is 0 Å². The van der Waals surface area contributed by atoms with E-state index in [1.54, 1.807) is 0 Å². The minimum Gasteiger partial charge on any atom is -0.392 e. The molecule has 0 aliphatic rings. The van der Waals surface area contributed by atoms with E-state index in [4.69, 9.17) is 10.5 Å². The second-order valence-corrected chi connectivity index (χ2v) is 4.25. The van der Waals surface area contributed by atoms with Gasteiger partial charge in [-0.1, -0.05) is 25.6 Å². The van der Waals surface area contributed by atoms with E-state index in [1.165, 1.54) is 0 Å². The maximum Gasteiger partial charge on any atom is 0.309 e. The largest absolute Gasteiger partial charge is 0.392 e. The van der Waals surface area contributed by atoms with E-state index in [0.29, 0.717) is 19.6 Å². The smallest absolute Gasteiger partial charge is 0.309 e. The molecule has 104 valence electrons. The van der Waals surface area contributed by atoms with Crippen LogP contribution >= 0.6 is 12.2 Å². The number of thiocarbonyl (C=S) groups is 1. The number of hydrogen-bond donors (Lipinski definition) is 3. The lowest BCUT2D eigenvalue weighted by Crippen LogP contribution is -2.43. The molecule has 0 heterocycles. The molecule has 0 spiro atoms. The average molecular weight is 275 g/mol. The highest BCUT2D eigenvalue weighted by atomic mass is 32.1. The van der Waals surface area contributed by atoms with Crippen molar-refractivity contribution in [2.75, 3.05) is 26.3 Å². The normalized spacial score (nSPS) is 9.83. The molecular formula is C11H21N3O3S. The van der Waals surface area contributed by atoms with Gasteiger partial charge in [-0.2, -0.15) is 0 Å². The predicted molar refractivity (Wildman–Crippen MR) is 73.1 cm³/mol. The summed E-state index contributed by atoms with van der Waals surface area (Å²) in [6.07, 6.45) is 2.81. The quantitative estimate of drug-likeness (QED) is 0.305. The Kier molecular flexibility index (Phi) is 10.2. The molecule has 0 aromatic rings. The van der Waals surface area contributed by atoms with Crippen LogP contribution in [0.25, 0.3) is 0 Å². The van der Waals surface area contributed by atoms with Gasteiger partial charge in [0.05, 0.1) is 11.5 Å². The molecule has 2 amide bonds. The van der Waals surface area contributed by atoms with Crippen LogP contribution in [0.4, 0.5) is 0 Å². The molecule has 0 radical (unpaired) electrons. The molecule has 0 aromatic heterocycles. The molecule has 6 nitrogen and oxygen atoms in total. The van der Waals surface area contributed by atoms with Crippen molar-refractivity contribution in [2.45, 2.75) is 26.2 Å². The van der Waals surface area contributed by atoms with Crippen molar-refractivity contribution in [1.82, 2.24) is 10.6 Å². The number of carbonyl (C=O) groups is 2. The summed E-state index contributed by atoms with van der Waals surface area (Å²) in [5.74, 6) is -1.41. The first kappa shape index (κ1) is 16.8. The zero-order chi connectivity index (χ0) is 13.8. The van der Waals surface area contributed by atoms with E-state index >= 15 is 0 Å². The van der Waals surface area contributed by atoms with E-state index in [0.717, 1.165) is 19.4 Å². The number of rotatable bonds is 9. The SMILES string of the molecule is CCCCOCCCNC(=O)C(=O)NCC(N)=S. The summed E-state index contributed by atoms with van der Waals surface area (Å²) in [7, 11) is 0. The molecule has 0 saturated heterocycles. The van der Waals surface area contributed by atoms with E-state index in [1.807, 2.05) is 0 Å². The lowest BCUT2D eigenvalue weighted by atomic mass is 10.3. The highest BCUT2D eigenvalue weighted by Gasteiger charge is 2.11. The number of hydrogen-bond acceptors (Lipinski definition) is 4. The van der Waals surface area contributed by atoms with Crippen molar-refractivity contribution in [3.05, 3.63) is 0 Å². The Hall–Kier alpha value is -1.21. The van der Waals surface area contributed by atoms with Crippen molar-refractivity contribution in [2.24, 2.45) is 5.73 Å². The summed E-state index contributed by atoms with van der Waals surface area (Å²) in [4.78, 5) is 22.6. The van der Waals surface area contributed by atoms with E-state index in [2.05, 4.69) is 29.8 Å². The molecule has 0 aromatic carbocycles. The van der Waals surface area contributed by atoms with Crippen LogP contribution in [0.5, 0.6) is 0 Å².